The number of amides is 2. The maximum absolute atomic E-state index is 11.5. The second-order valence-electron chi connectivity index (χ2n) is 3.46. The molecule has 0 aliphatic carbocycles. The first-order valence-corrected chi connectivity index (χ1v) is 5.92. The first kappa shape index (κ1) is 12.5. The summed E-state index contributed by atoms with van der Waals surface area (Å²) in [4.78, 5) is 22.9. The Morgan fingerprint density at radius 3 is 2.56 bits per heavy atom. The SMILES string of the molecule is COc1ccc(OC)c(/C=C2\SC(=O)NC2=O)c1. The molecule has 6 heteroatoms. The summed E-state index contributed by atoms with van der Waals surface area (Å²) in [5, 5.41) is 1.83. The number of nitrogens with one attached hydrogen (secondary N) is 1. The van der Waals surface area contributed by atoms with E-state index in [0.717, 1.165) is 11.8 Å². The van der Waals surface area contributed by atoms with Crippen LogP contribution in [0.15, 0.2) is 23.1 Å². The largest absolute Gasteiger partial charge is 0.497 e. The third-order valence-electron chi connectivity index (χ3n) is 2.37. The van der Waals surface area contributed by atoms with Gasteiger partial charge in [0.05, 0.1) is 19.1 Å². The van der Waals surface area contributed by atoms with Crippen molar-refractivity contribution in [2.45, 2.75) is 0 Å². The van der Waals surface area contributed by atoms with Gasteiger partial charge in [-0.1, -0.05) is 0 Å². The van der Waals surface area contributed by atoms with Crippen LogP contribution in [0.5, 0.6) is 11.5 Å². The lowest BCUT2D eigenvalue weighted by Crippen LogP contribution is -2.17. The van der Waals surface area contributed by atoms with Crippen LogP contribution in [0.2, 0.25) is 0 Å². The molecular formula is C12H11NO4S. The van der Waals surface area contributed by atoms with E-state index in [-0.39, 0.29) is 5.24 Å². The molecule has 1 aliphatic heterocycles. The van der Waals surface area contributed by atoms with Gasteiger partial charge in [0.25, 0.3) is 11.1 Å². The molecule has 94 valence electrons. The van der Waals surface area contributed by atoms with Crippen molar-refractivity contribution >= 4 is 29.0 Å². The number of benzene rings is 1. The molecule has 18 heavy (non-hydrogen) atoms. The van der Waals surface area contributed by atoms with Gasteiger partial charge < -0.3 is 9.47 Å². The minimum Gasteiger partial charge on any atom is -0.497 e. The van der Waals surface area contributed by atoms with Gasteiger partial charge in [0.1, 0.15) is 11.5 Å². The van der Waals surface area contributed by atoms with Crippen LogP contribution >= 0.6 is 11.8 Å². The van der Waals surface area contributed by atoms with Crippen LogP contribution in [0.4, 0.5) is 4.79 Å². The Morgan fingerprint density at radius 2 is 2.00 bits per heavy atom. The summed E-state index contributed by atoms with van der Waals surface area (Å²) < 4.78 is 10.3. The molecule has 0 aromatic heterocycles. The normalized spacial score (nSPS) is 16.9. The maximum atomic E-state index is 11.5. The fraction of sp³-hybridized carbons (Fsp3) is 0.167. The van der Waals surface area contributed by atoms with Gasteiger partial charge in [-0.2, -0.15) is 0 Å². The molecule has 2 rings (SSSR count). The Balaban J connectivity index is 2.40. The first-order valence-electron chi connectivity index (χ1n) is 5.11. The topological polar surface area (TPSA) is 64.6 Å². The highest BCUT2D eigenvalue weighted by Crippen LogP contribution is 2.31. The van der Waals surface area contributed by atoms with Gasteiger partial charge in [-0.3, -0.25) is 14.9 Å². The second kappa shape index (κ2) is 5.14. The zero-order chi connectivity index (χ0) is 13.1. The summed E-state index contributed by atoms with van der Waals surface area (Å²) in [6.45, 7) is 0. The highest BCUT2D eigenvalue weighted by atomic mass is 32.2. The molecule has 0 spiro atoms. The van der Waals surface area contributed by atoms with Crippen molar-refractivity contribution in [3.63, 3.8) is 0 Å². The zero-order valence-electron chi connectivity index (χ0n) is 9.85. The quantitative estimate of drug-likeness (QED) is 0.847. The molecule has 1 fully saturated rings. The highest BCUT2D eigenvalue weighted by molar-refractivity contribution is 8.18. The third kappa shape index (κ3) is 2.48. The third-order valence-corrected chi connectivity index (χ3v) is 3.18. The van der Waals surface area contributed by atoms with Gasteiger partial charge in [0.2, 0.25) is 0 Å². The van der Waals surface area contributed by atoms with Crippen LogP contribution in [-0.4, -0.2) is 25.4 Å². The van der Waals surface area contributed by atoms with E-state index in [9.17, 15) is 9.59 Å². The Kier molecular flexibility index (Phi) is 3.57. The number of hydrogen-bond acceptors (Lipinski definition) is 5. The van der Waals surface area contributed by atoms with Crippen molar-refractivity contribution < 1.29 is 19.1 Å². The second-order valence-corrected chi connectivity index (χ2v) is 4.47. The fourth-order valence-electron chi connectivity index (χ4n) is 1.51. The lowest BCUT2D eigenvalue weighted by molar-refractivity contribution is -0.115. The Hall–Kier alpha value is -1.95. The van der Waals surface area contributed by atoms with Crippen LogP contribution in [-0.2, 0) is 4.79 Å². The van der Waals surface area contributed by atoms with Crippen molar-refractivity contribution in [1.82, 2.24) is 5.32 Å². The number of imide groups is 1. The minimum atomic E-state index is -0.394. The number of hydrogen-bond donors (Lipinski definition) is 1. The molecule has 0 saturated carbocycles. The zero-order valence-corrected chi connectivity index (χ0v) is 10.7. The van der Waals surface area contributed by atoms with E-state index in [4.69, 9.17) is 9.47 Å². The fourth-order valence-corrected chi connectivity index (χ4v) is 2.19. The molecule has 2 amide bonds. The van der Waals surface area contributed by atoms with Crippen LogP contribution in [0.3, 0.4) is 0 Å². The van der Waals surface area contributed by atoms with Gasteiger partial charge >= 0.3 is 0 Å². The number of carbonyl (C=O) groups is 2. The number of rotatable bonds is 3. The predicted molar refractivity (Wildman–Crippen MR) is 68.7 cm³/mol. The van der Waals surface area contributed by atoms with Crippen LogP contribution in [0.25, 0.3) is 6.08 Å². The minimum absolute atomic E-state index is 0.339. The Labute approximate surface area is 108 Å². The summed E-state index contributed by atoms with van der Waals surface area (Å²) in [5.41, 5.74) is 0.684. The van der Waals surface area contributed by atoms with E-state index in [0.29, 0.717) is 22.0 Å². The van der Waals surface area contributed by atoms with Gasteiger partial charge in [0.15, 0.2) is 0 Å². The van der Waals surface area contributed by atoms with Crippen molar-refractivity contribution in [3.8, 4) is 11.5 Å². The van der Waals surface area contributed by atoms with E-state index in [2.05, 4.69) is 5.32 Å². The van der Waals surface area contributed by atoms with Crippen LogP contribution in [0.1, 0.15) is 5.56 Å². The number of thioether (sulfide) groups is 1. The molecule has 0 radical (unpaired) electrons. The molecule has 5 nitrogen and oxygen atoms in total. The first-order chi connectivity index (χ1) is 8.63. The summed E-state index contributed by atoms with van der Waals surface area (Å²) in [6, 6.07) is 5.24. The van der Waals surface area contributed by atoms with Crippen molar-refractivity contribution in [1.29, 1.82) is 0 Å². The molecule has 1 aromatic rings. The summed E-state index contributed by atoms with van der Waals surface area (Å²) in [7, 11) is 3.09. The smallest absolute Gasteiger partial charge is 0.290 e. The molecule has 0 unspecified atom stereocenters. The molecular weight excluding hydrogens is 254 g/mol. The average Bonchev–Trinajstić information content (AvgIpc) is 2.67. The van der Waals surface area contributed by atoms with Crippen LogP contribution in [0, 0.1) is 0 Å². The number of methoxy groups -OCH3 is 2. The molecule has 1 N–H and O–H groups in total. The Bertz CT molecular complexity index is 539. The molecule has 1 heterocycles. The van der Waals surface area contributed by atoms with E-state index in [1.54, 1.807) is 31.4 Å². The number of ether oxygens (including phenoxy) is 2. The highest BCUT2D eigenvalue weighted by Gasteiger charge is 2.25. The monoisotopic (exact) mass is 265 g/mol. The van der Waals surface area contributed by atoms with Gasteiger partial charge in [0, 0.05) is 5.56 Å². The summed E-state index contributed by atoms with van der Waals surface area (Å²) in [5.74, 6) is 0.864. The standard InChI is InChI=1S/C12H11NO4S/c1-16-8-3-4-9(17-2)7(5-8)6-10-11(14)13-12(15)18-10/h3-6H,1-2H3,(H,13,14,15)/b10-6-. The van der Waals surface area contributed by atoms with Crippen molar-refractivity contribution in [2.24, 2.45) is 0 Å². The summed E-state index contributed by atoms with van der Waals surface area (Å²) >= 11 is 0.866. The average molecular weight is 265 g/mol. The maximum Gasteiger partial charge on any atom is 0.290 e. The van der Waals surface area contributed by atoms with Gasteiger partial charge in [-0.25, -0.2) is 0 Å². The van der Waals surface area contributed by atoms with E-state index in [1.807, 2.05) is 0 Å². The van der Waals surface area contributed by atoms with E-state index < -0.39 is 5.91 Å². The molecule has 1 saturated heterocycles. The van der Waals surface area contributed by atoms with Gasteiger partial charge in [-0.05, 0) is 36.0 Å². The van der Waals surface area contributed by atoms with E-state index >= 15 is 0 Å². The van der Waals surface area contributed by atoms with Crippen LogP contribution < -0.4 is 14.8 Å². The lowest BCUT2D eigenvalue weighted by Gasteiger charge is -2.07. The van der Waals surface area contributed by atoms with Crippen molar-refractivity contribution in [3.05, 3.63) is 28.7 Å². The molecule has 1 aromatic carbocycles. The van der Waals surface area contributed by atoms with Crippen molar-refractivity contribution in [2.75, 3.05) is 14.2 Å². The van der Waals surface area contributed by atoms with Gasteiger partial charge in [-0.15, -0.1) is 0 Å². The molecule has 0 bridgehead atoms. The Morgan fingerprint density at radius 1 is 1.22 bits per heavy atom. The molecule has 0 atom stereocenters. The predicted octanol–water partition coefficient (Wildman–Crippen LogP) is 2.03. The summed E-state index contributed by atoms with van der Waals surface area (Å²) in [6.07, 6.45) is 1.60. The van der Waals surface area contributed by atoms with E-state index in [1.165, 1.54) is 7.11 Å². The molecule has 1 aliphatic rings. The number of carbonyl (C=O) groups excluding carboxylic acids is 2. The lowest BCUT2D eigenvalue weighted by atomic mass is 10.1.